The van der Waals surface area contributed by atoms with E-state index in [1.165, 1.54) is 18.7 Å². The Morgan fingerprint density at radius 1 is 1.25 bits per heavy atom. The molecule has 2 N–H and O–H groups in total. The molecule has 0 aromatic carbocycles. The smallest absolute Gasteiger partial charge is 0.255 e. The molecule has 0 aliphatic carbocycles. The predicted octanol–water partition coefficient (Wildman–Crippen LogP) is 0.800. The Labute approximate surface area is 163 Å². The van der Waals surface area contributed by atoms with Gasteiger partial charge in [0.1, 0.15) is 12.3 Å². The summed E-state index contributed by atoms with van der Waals surface area (Å²) in [5.41, 5.74) is 0.931. The lowest BCUT2D eigenvalue weighted by atomic mass is 9.96. The molecule has 9 nitrogen and oxygen atoms in total. The first-order valence-electron chi connectivity index (χ1n) is 9.32. The Kier molecular flexibility index (Phi) is 6.13. The molecule has 0 spiro atoms. The topological polar surface area (TPSA) is 109 Å². The number of carbonyl (C=O) groups is 3. The highest BCUT2D eigenvalue weighted by Gasteiger charge is 2.27. The van der Waals surface area contributed by atoms with Crippen molar-refractivity contribution in [3.05, 3.63) is 42.1 Å². The maximum Gasteiger partial charge on any atom is 0.255 e. The molecule has 1 saturated heterocycles. The van der Waals surface area contributed by atoms with Gasteiger partial charge < -0.3 is 20.0 Å². The lowest BCUT2D eigenvalue weighted by molar-refractivity contribution is -0.134. The minimum Gasteiger partial charge on any atom is -0.472 e. The SMILES string of the molecule is CC(NC(=O)c1ccoc1)C(=O)N1CCC(CNC(=O)c2cnn(C)c2)CC1. The van der Waals surface area contributed by atoms with E-state index in [-0.39, 0.29) is 17.7 Å². The first-order chi connectivity index (χ1) is 13.4. The van der Waals surface area contributed by atoms with Gasteiger partial charge in [-0.2, -0.15) is 5.10 Å². The van der Waals surface area contributed by atoms with E-state index in [0.29, 0.717) is 36.7 Å². The Bertz CT molecular complexity index is 821. The summed E-state index contributed by atoms with van der Waals surface area (Å²) in [5, 5.41) is 9.62. The number of carbonyl (C=O) groups excluding carboxylic acids is 3. The highest BCUT2D eigenvalue weighted by molar-refractivity contribution is 5.97. The summed E-state index contributed by atoms with van der Waals surface area (Å²) in [6.45, 7) is 3.47. The monoisotopic (exact) mass is 387 g/mol. The summed E-state index contributed by atoms with van der Waals surface area (Å²) < 4.78 is 6.47. The largest absolute Gasteiger partial charge is 0.472 e. The van der Waals surface area contributed by atoms with Crippen molar-refractivity contribution >= 4 is 17.7 Å². The molecule has 0 bridgehead atoms. The maximum atomic E-state index is 12.6. The van der Waals surface area contributed by atoms with E-state index in [1.54, 1.807) is 35.8 Å². The molecule has 1 atom stereocenters. The van der Waals surface area contributed by atoms with E-state index in [2.05, 4.69) is 15.7 Å². The number of rotatable bonds is 6. The molecule has 150 valence electrons. The standard InChI is InChI=1S/C19H25N5O4/c1-13(22-18(26)15-5-8-28-12-15)19(27)24-6-3-14(4-7-24)9-20-17(25)16-10-21-23(2)11-16/h5,8,10-14H,3-4,6-7,9H2,1-2H3,(H,20,25)(H,22,26). The molecular weight excluding hydrogens is 362 g/mol. The lowest BCUT2D eigenvalue weighted by Gasteiger charge is -2.33. The number of furan rings is 1. The van der Waals surface area contributed by atoms with Crippen LogP contribution in [0.3, 0.4) is 0 Å². The molecule has 1 aliphatic heterocycles. The van der Waals surface area contributed by atoms with Crippen LogP contribution < -0.4 is 10.6 Å². The molecule has 0 saturated carbocycles. The molecule has 3 amide bonds. The normalized spacial score (nSPS) is 15.9. The molecule has 1 aliphatic rings. The number of aromatic nitrogens is 2. The molecular formula is C19H25N5O4. The number of piperidine rings is 1. The van der Waals surface area contributed by atoms with Crippen molar-refractivity contribution in [3.63, 3.8) is 0 Å². The summed E-state index contributed by atoms with van der Waals surface area (Å²) in [5.74, 6) is -0.250. The first-order valence-corrected chi connectivity index (χ1v) is 9.32. The zero-order chi connectivity index (χ0) is 20.1. The second-order valence-electron chi connectivity index (χ2n) is 7.09. The van der Waals surface area contributed by atoms with Gasteiger partial charge in [0.25, 0.3) is 11.8 Å². The number of nitrogens with zero attached hydrogens (tertiary/aromatic N) is 3. The Hall–Kier alpha value is -3.10. The number of aryl methyl sites for hydroxylation is 1. The number of nitrogens with one attached hydrogen (secondary N) is 2. The highest BCUT2D eigenvalue weighted by Crippen LogP contribution is 2.17. The van der Waals surface area contributed by atoms with Crippen molar-refractivity contribution in [2.24, 2.45) is 13.0 Å². The van der Waals surface area contributed by atoms with Crippen LogP contribution in [0.25, 0.3) is 0 Å². The van der Waals surface area contributed by atoms with Crippen molar-refractivity contribution in [2.75, 3.05) is 19.6 Å². The van der Waals surface area contributed by atoms with Gasteiger partial charge >= 0.3 is 0 Å². The number of hydrogen-bond donors (Lipinski definition) is 2. The quantitative estimate of drug-likeness (QED) is 0.762. The van der Waals surface area contributed by atoms with Crippen LogP contribution in [-0.2, 0) is 11.8 Å². The van der Waals surface area contributed by atoms with E-state index in [4.69, 9.17) is 4.42 Å². The van der Waals surface area contributed by atoms with Crippen molar-refractivity contribution in [1.82, 2.24) is 25.3 Å². The lowest BCUT2D eigenvalue weighted by Crippen LogP contribution is -2.50. The van der Waals surface area contributed by atoms with Crippen LogP contribution >= 0.6 is 0 Å². The van der Waals surface area contributed by atoms with Crippen LogP contribution in [0.2, 0.25) is 0 Å². The maximum absolute atomic E-state index is 12.6. The highest BCUT2D eigenvalue weighted by atomic mass is 16.3. The second kappa shape index (κ2) is 8.73. The summed E-state index contributed by atoms with van der Waals surface area (Å²) in [6, 6.07) is 0.946. The van der Waals surface area contributed by atoms with Crippen molar-refractivity contribution < 1.29 is 18.8 Å². The molecule has 1 unspecified atom stereocenters. The number of amides is 3. The molecule has 9 heteroatoms. The molecule has 3 heterocycles. The van der Waals surface area contributed by atoms with Gasteiger partial charge in [-0.1, -0.05) is 0 Å². The summed E-state index contributed by atoms with van der Waals surface area (Å²) in [7, 11) is 1.77. The second-order valence-corrected chi connectivity index (χ2v) is 7.09. The van der Waals surface area contributed by atoms with Crippen molar-refractivity contribution in [3.8, 4) is 0 Å². The summed E-state index contributed by atoms with van der Waals surface area (Å²) in [6.07, 6.45) is 7.59. The van der Waals surface area contributed by atoms with Gasteiger partial charge in [0.05, 0.1) is 23.6 Å². The van der Waals surface area contributed by atoms with Gasteiger partial charge in [0.15, 0.2) is 0 Å². The Morgan fingerprint density at radius 2 is 2.00 bits per heavy atom. The number of likely N-dealkylation sites (tertiary alicyclic amines) is 1. The predicted molar refractivity (Wildman–Crippen MR) is 100 cm³/mol. The molecule has 1 fully saturated rings. The van der Waals surface area contributed by atoms with Crippen LogP contribution in [0.15, 0.2) is 35.4 Å². The molecule has 28 heavy (non-hydrogen) atoms. The van der Waals surface area contributed by atoms with Crippen LogP contribution in [-0.4, -0.2) is 58.1 Å². The third-order valence-electron chi connectivity index (χ3n) is 4.95. The van der Waals surface area contributed by atoms with E-state index in [0.717, 1.165) is 12.8 Å². The third-order valence-corrected chi connectivity index (χ3v) is 4.95. The van der Waals surface area contributed by atoms with E-state index in [1.807, 2.05) is 0 Å². The zero-order valence-corrected chi connectivity index (χ0v) is 16.1. The third kappa shape index (κ3) is 4.79. The average Bonchev–Trinajstić information content (AvgIpc) is 3.37. The zero-order valence-electron chi connectivity index (χ0n) is 16.1. The van der Waals surface area contributed by atoms with Gasteiger partial charge in [0.2, 0.25) is 5.91 Å². The Balaban J connectivity index is 1.41. The van der Waals surface area contributed by atoms with E-state index < -0.39 is 6.04 Å². The van der Waals surface area contributed by atoms with E-state index >= 15 is 0 Å². The molecule has 3 rings (SSSR count). The fourth-order valence-corrected chi connectivity index (χ4v) is 3.24. The molecule has 2 aromatic rings. The Morgan fingerprint density at radius 3 is 2.61 bits per heavy atom. The first kappa shape index (κ1) is 19.7. The molecule has 0 radical (unpaired) electrons. The van der Waals surface area contributed by atoms with E-state index in [9.17, 15) is 14.4 Å². The van der Waals surface area contributed by atoms with Gasteiger partial charge in [-0.15, -0.1) is 0 Å². The van der Waals surface area contributed by atoms with Gasteiger partial charge in [-0.3, -0.25) is 19.1 Å². The van der Waals surface area contributed by atoms with Crippen molar-refractivity contribution in [2.45, 2.75) is 25.8 Å². The van der Waals surface area contributed by atoms with Crippen LogP contribution in [0.4, 0.5) is 0 Å². The van der Waals surface area contributed by atoms with Gasteiger partial charge in [0, 0.05) is 32.9 Å². The van der Waals surface area contributed by atoms with Crippen molar-refractivity contribution in [1.29, 1.82) is 0 Å². The fourth-order valence-electron chi connectivity index (χ4n) is 3.24. The summed E-state index contributed by atoms with van der Waals surface area (Å²) in [4.78, 5) is 38.5. The van der Waals surface area contributed by atoms with Crippen LogP contribution in [0.1, 0.15) is 40.5 Å². The summed E-state index contributed by atoms with van der Waals surface area (Å²) >= 11 is 0. The van der Waals surface area contributed by atoms with Gasteiger partial charge in [-0.05, 0) is 31.7 Å². The minimum atomic E-state index is -0.607. The van der Waals surface area contributed by atoms with Gasteiger partial charge in [-0.25, -0.2) is 0 Å². The van der Waals surface area contributed by atoms with Crippen LogP contribution in [0, 0.1) is 5.92 Å². The number of hydrogen-bond acceptors (Lipinski definition) is 5. The minimum absolute atomic E-state index is 0.102. The van der Waals surface area contributed by atoms with Crippen LogP contribution in [0.5, 0.6) is 0 Å². The average molecular weight is 387 g/mol. The fraction of sp³-hybridized carbons (Fsp3) is 0.474. The molecule has 2 aromatic heterocycles.